The third-order valence-electron chi connectivity index (χ3n) is 4.93. The Morgan fingerprint density at radius 3 is 3.11 bits per heavy atom. The highest BCUT2D eigenvalue weighted by Crippen LogP contribution is 2.24. The number of anilines is 3. The summed E-state index contributed by atoms with van der Waals surface area (Å²) in [6.07, 6.45) is 2.32. The van der Waals surface area contributed by atoms with E-state index in [0.29, 0.717) is 36.7 Å². The van der Waals surface area contributed by atoms with Crippen LogP contribution in [-0.2, 0) is 16.0 Å². The summed E-state index contributed by atoms with van der Waals surface area (Å²) >= 11 is 0. The lowest BCUT2D eigenvalue weighted by Crippen LogP contribution is -2.38. The molecular weight excluding hydrogens is 364 g/mol. The fourth-order valence-electron chi connectivity index (χ4n) is 3.38. The monoisotopic (exact) mass is 383 g/mol. The molecule has 144 valence electrons. The van der Waals surface area contributed by atoms with Gasteiger partial charge in [0.2, 0.25) is 5.95 Å². The average Bonchev–Trinajstić information content (AvgIpc) is 3.06. The second-order valence-electron chi connectivity index (χ2n) is 6.89. The van der Waals surface area contributed by atoms with Crippen molar-refractivity contribution < 1.29 is 18.8 Å². The second-order valence-corrected chi connectivity index (χ2v) is 6.89. The number of ether oxygens (including phenoxy) is 1. The lowest BCUT2D eigenvalue weighted by atomic mass is 9.79. The van der Waals surface area contributed by atoms with Crippen molar-refractivity contribution in [2.45, 2.75) is 26.0 Å². The van der Waals surface area contributed by atoms with Crippen LogP contribution in [0.5, 0.6) is 0 Å². The number of nitrogens with zero attached hydrogens (tertiary/aromatic N) is 3. The highest BCUT2D eigenvalue weighted by molar-refractivity contribution is 6.61. The summed E-state index contributed by atoms with van der Waals surface area (Å²) < 4.78 is 24.8. The number of benzene rings is 1. The van der Waals surface area contributed by atoms with Gasteiger partial charge in [-0.05, 0) is 31.0 Å². The number of nitriles is 1. The van der Waals surface area contributed by atoms with Crippen LogP contribution in [0.15, 0.2) is 18.3 Å². The fourth-order valence-corrected chi connectivity index (χ4v) is 3.38. The maximum atomic E-state index is 14.3. The minimum Gasteiger partial charge on any atom is -0.423 e. The molecule has 10 heteroatoms. The van der Waals surface area contributed by atoms with E-state index in [2.05, 4.69) is 26.7 Å². The lowest BCUT2D eigenvalue weighted by molar-refractivity contribution is 0.0698. The molecule has 1 aromatic heterocycles. The van der Waals surface area contributed by atoms with E-state index in [4.69, 9.17) is 9.39 Å². The quantitative estimate of drug-likeness (QED) is 0.676. The Kier molecular flexibility index (Phi) is 5.13. The van der Waals surface area contributed by atoms with Gasteiger partial charge in [-0.1, -0.05) is 0 Å². The first-order valence-corrected chi connectivity index (χ1v) is 9.01. The van der Waals surface area contributed by atoms with Crippen LogP contribution >= 0.6 is 0 Å². The zero-order valence-electron chi connectivity index (χ0n) is 15.3. The maximum Gasteiger partial charge on any atom is 0.494 e. The number of halogens is 1. The Labute approximate surface area is 161 Å². The number of hydrogen-bond donors (Lipinski definition) is 3. The van der Waals surface area contributed by atoms with Gasteiger partial charge in [0, 0.05) is 29.5 Å². The summed E-state index contributed by atoms with van der Waals surface area (Å²) in [5.74, 6) is 0.175. The maximum absolute atomic E-state index is 14.3. The number of aromatic nitrogens is 2. The average molecular weight is 383 g/mol. The van der Waals surface area contributed by atoms with E-state index >= 15 is 0 Å². The van der Waals surface area contributed by atoms with E-state index in [0.717, 1.165) is 5.56 Å². The number of nitrogens with one attached hydrogen (secondary N) is 2. The highest BCUT2D eigenvalue weighted by atomic mass is 19.1. The summed E-state index contributed by atoms with van der Waals surface area (Å²) in [6.45, 7) is 3.02. The van der Waals surface area contributed by atoms with Crippen LogP contribution in [-0.4, -0.2) is 41.4 Å². The lowest BCUT2D eigenvalue weighted by Gasteiger charge is -2.28. The van der Waals surface area contributed by atoms with Crippen molar-refractivity contribution in [3.8, 4) is 6.07 Å². The molecule has 0 amide bonds. The van der Waals surface area contributed by atoms with Crippen LogP contribution in [0.2, 0.25) is 0 Å². The zero-order chi connectivity index (χ0) is 19.7. The van der Waals surface area contributed by atoms with Crippen LogP contribution in [0.3, 0.4) is 0 Å². The highest BCUT2D eigenvalue weighted by Gasteiger charge is 2.31. The van der Waals surface area contributed by atoms with Crippen LogP contribution in [0.4, 0.5) is 21.8 Å². The first-order chi connectivity index (χ1) is 13.5. The van der Waals surface area contributed by atoms with Gasteiger partial charge in [0.05, 0.1) is 31.2 Å². The van der Waals surface area contributed by atoms with Crippen molar-refractivity contribution in [1.82, 2.24) is 9.97 Å². The first kappa shape index (κ1) is 18.6. The Hall–Kier alpha value is -2.74. The van der Waals surface area contributed by atoms with Crippen molar-refractivity contribution in [3.63, 3.8) is 0 Å². The van der Waals surface area contributed by atoms with Gasteiger partial charge in [-0.2, -0.15) is 10.2 Å². The molecule has 3 heterocycles. The van der Waals surface area contributed by atoms with Crippen molar-refractivity contribution in [2.24, 2.45) is 5.92 Å². The minimum absolute atomic E-state index is 0.141. The second kappa shape index (κ2) is 7.71. The number of aryl methyl sites for hydroxylation is 1. The molecule has 2 atom stereocenters. The molecule has 0 radical (unpaired) electrons. The normalized spacial score (nSPS) is 21.1. The van der Waals surface area contributed by atoms with Crippen LogP contribution < -0.4 is 16.1 Å². The van der Waals surface area contributed by atoms with E-state index in [9.17, 15) is 14.7 Å². The van der Waals surface area contributed by atoms with Crippen LogP contribution in [0.25, 0.3) is 0 Å². The SMILES string of the molecule is Cc1cnc(Nc2cc(F)c3c(c2)COB3O)nc1N[C@@H]1COCC[C@H]1C#N. The molecule has 0 saturated carbocycles. The van der Waals surface area contributed by atoms with E-state index in [1.54, 1.807) is 12.3 Å². The largest absolute Gasteiger partial charge is 0.494 e. The predicted molar refractivity (Wildman–Crippen MR) is 101 cm³/mol. The molecule has 0 bridgehead atoms. The molecule has 1 saturated heterocycles. The molecular formula is C18H19BFN5O3. The van der Waals surface area contributed by atoms with E-state index < -0.39 is 12.9 Å². The van der Waals surface area contributed by atoms with Gasteiger partial charge in [0.1, 0.15) is 11.6 Å². The summed E-state index contributed by atoms with van der Waals surface area (Å²) in [5.41, 5.74) is 2.03. The van der Waals surface area contributed by atoms with Crippen molar-refractivity contribution in [3.05, 3.63) is 35.3 Å². The van der Waals surface area contributed by atoms with Gasteiger partial charge in [0.15, 0.2) is 0 Å². The number of rotatable bonds is 4. The Morgan fingerprint density at radius 2 is 2.29 bits per heavy atom. The molecule has 2 aromatic rings. The van der Waals surface area contributed by atoms with Gasteiger partial charge >= 0.3 is 7.12 Å². The first-order valence-electron chi connectivity index (χ1n) is 9.01. The summed E-state index contributed by atoms with van der Waals surface area (Å²) in [4.78, 5) is 8.71. The Balaban J connectivity index is 1.55. The van der Waals surface area contributed by atoms with Gasteiger partial charge in [0.25, 0.3) is 0 Å². The summed E-state index contributed by atoms with van der Waals surface area (Å²) in [7, 11) is -1.23. The molecule has 2 aliphatic rings. The van der Waals surface area contributed by atoms with Crippen LogP contribution in [0, 0.1) is 30.0 Å². The fraction of sp³-hybridized carbons (Fsp3) is 0.389. The smallest absolute Gasteiger partial charge is 0.423 e. The standard InChI is InChI=1S/C18H19BFN5O3/c1-10-7-22-18(25-17(10)24-15-9-27-3-2-11(15)6-21)23-13-4-12-8-28-19(26)16(12)14(20)5-13/h4-5,7,11,15,26H,2-3,8-9H2,1H3,(H2,22,23,24,25)/t11-,15+/m0/s1. The summed E-state index contributed by atoms with van der Waals surface area (Å²) in [5, 5.41) is 25.2. The van der Waals surface area contributed by atoms with E-state index in [1.807, 2.05) is 6.92 Å². The van der Waals surface area contributed by atoms with E-state index in [1.165, 1.54) is 6.07 Å². The number of hydrogen-bond acceptors (Lipinski definition) is 8. The Bertz CT molecular complexity index is 938. The van der Waals surface area contributed by atoms with Crippen molar-refractivity contribution >= 4 is 30.0 Å². The molecule has 4 rings (SSSR count). The van der Waals surface area contributed by atoms with Gasteiger partial charge in [-0.3, -0.25) is 0 Å². The molecule has 8 nitrogen and oxygen atoms in total. The molecule has 0 aliphatic carbocycles. The third-order valence-corrected chi connectivity index (χ3v) is 4.93. The molecule has 0 spiro atoms. The third kappa shape index (κ3) is 3.64. The van der Waals surface area contributed by atoms with Crippen LogP contribution in [0.1, 0.15) is 17.5 Å². The van der Waals surface area contributed by atoms with Gasteiger partial charge in [-0.25, -0.2) is 9.37 Å². The zero-order valence-corrected chi connectivity index (χ0v) is 15.3. The van der Waals surface area contributed by atoms with Gasteiger partial charge < -0.3 is 25.0 Å². The number of fused-ring (bicyclic) bond motifs is 1. The topological polar surface area (TPSA) is 112 Å². The molecule has 1 fully saturated rings. The summed E-state index contributed by atoms with van der Waals surface area (Å²) in [6, 6.07) is 5.12. The molecule has 28 heavy (non-hydrogen) atoms. The van der Waals surface area contributed by atoms with E-state index in [-0.39, 0.29) is 30.0 Å². The molecule has 1 aromatic carbocycles. The van der Waals surface area contributed by atoms with Gasteiger partial charge in [-0.15, -0.1) is 0 Å². The molecule has 3 N–H and O–H groups in total. The Morgan fingerprint density at radius 1 is 1.43 bits per heavy atom. The minimum atomic E-state index is -1.23. The van der Waals surface area contributed by atoms with Crippen molar-refractivity contribution in [2.75, 3.05) is 23.8 Å². The molecule has 0 unspecified atom stereocenters. The predicted octanol–water partition coefficient (Wildman–Crippen LogP) is 1.23. The molecule has 2 aliphatic heterocycles. The van der Waals surface area contributed by atoms with Crippen molar-refractivity contribution in [1.29, 1.82) is 5.26 Å².